The van der Waals surface area contributed by atoms with Crippen LogP contribution in [0.3, 0.4) is 0 Å². The predicted octanol–water partition coefficient (Wildman–Crippen LogP) is 3.45. The van der Waals surface area contributed by atoms with Gasteiger partial charge in [0.15, 0.2) is 4.77 Å². The van der Waals surface area contributed by atoms with Gasteiger partial charge in [0.25, 0.3) is 0 Å². The Labute approximate surface area is 99.5 Å². The summed E-state index contributed by atoms with van der Waals surface area (Å²) in [6, 6.07) is 2.61. The molecule has 1 saturated carbocycles. The highest BCUT2D eigenvalue weighted by Crippen LogP contribution is 2.36. The third-order valence-corrected chi connectivity index (χ3v) is 3.85. The van der Waals surface area contributed by atoms with Crippen molar-refractivity contribution in [1.82, 2.24) is 14.5 Å². The van der Waals surface area contributed by atoms with E-state index in [1.54, 1.807) is 0 Å². The fourth-order valence-corrected chi connectivity index (χ4v) is 3.11. The predicted molar refractivity (Wildman–Crippen MR) is 67.0 cm³/mol. The van der Waals surface area contributed by atoms with E-state index in [0.717, 1.165) is 16.2 Å². The van der Waals surface area contributed by atoms with Crippen LogP contribution in [-0.2, 0) is 0 Å². The molecule has 1 aliphatic carbocycles. The zero-order chi connectivity index (χ0) is 11.1. The lowest BCUT2D eigenvalue weighted by Gasteiger charge is -2.12. The molecule has 0 aliphatic heterocycles. The molecule has 0 radical (unpaired) electrons. The quantitative estimate of drug-likeness (QED) is 0.765. The first kappa shape index (κ1) is 10.0. The molecule has 16 heavy (non-hydrogen) atoms. The Balaban J connectivity index is 2.15. The van der Waals surface area contributed by atoms with Gasteiger partial charge >= 0.3 is 0 Å². The normalized spacial score (nSPS) is 25.3. The van der Waals surface area contributed by atoms with E-state index in [4.69, 9.17) is 12.2 Å². The average Bonchev–Trinajstić information content (AvgIpc) is 2.80. The molecule has 1 fully saturated rings. The van der Waals surface area contributed by atoms with Gasteiger partial charge in [0, 0.05) is 12.2 Å². The number of H-pyrrole nitrogens is 1. The van der Waals surface area contributed by atoms with Crippen molar-refractivity contribution in [2.45, 2.75) is 32.2 Å². The fraction of sp³-hybridized carbons (Fsp3) is 0.500. The number of nitrogens with one attached hydrogen (secondary N) is 1. The third kappa shape index (κ3) is 1.48. The highest BCUT2D eigenvalue weighted by molar-refractivity contribution is 7.71. The summed E-state index contributed by atoms with van der Waals surface area (Å²) in [5, 5.41) is 0. The molecule has 3 rings (SSSR count). The van der Waals surface area contributed by atoms with Crippen LogP contribution in [0.15, 0.2) is 18.5 Å². The molecule has 0 bridgehead atoms. The molecule has 2 heterocycles. The Hall–Kier alpha value is -1.16. The molecule has 0 saturated heterocycles. The average molecular weight is 233 g/mol. The summed E-state index contributed by atoms with van der Waals surface area (Å²) in [5.74, 6) is 0.818. The molecular formula is C12H15N3S. The standard InChI is InChI=1S/C12H15N3S/c1-8-2-3-9(6-8)15-11-4-5-13-7-10(11)14-12(15)16/h4-5,7-9H,2-3,6H2,1H3,(H,14,16). The molecular weight excluding hydrogens is 218 g/mol. The van der Waals surface area contributed by atoms with E-state index in [1.807, 2.05) is 18.5 Å². The maximum Gasteiger partial charge on any atom is 0.178 e. The molecule has 1 aliphatic rings. The largest absolute Gasteiger partial charge is 0.329 e. The number of hydrogen-bond donors (Lipinski definition) is 1. The minimum absolute atomic E-state index is 0.568. The first-order valence-electron chi connectivity index (χ1n) is 5.80. The Bertz CT molecular complexity index is 569. The van der Waals surface area contributed by atoms with Gasteiger partial charge in [-0.15, -0.1) is 0 Å². The molecule has 2 atom stereocenters. The van der Waals surface area contributed by atoms with Gasteiger partial charge in [0.2, 0.25) is 0 Å². The maximum atomic E-state index is 5.41. The topological polar surface area (TPSA) is 33.6 Å². The van der Waals surface area contributed by atoms with Crippen LogP contribution in [0.1, 0.15) is 32.2 Å². The second-order valence-corrected chi connectivity index (χ2v) is 5.15. The summed E-state index contributed by atoms with van der Waals surface area (Å²) in [6.45, 7) is 2.32. The molecule has 0 aromatic carbocycles. The monoisotopic (exact) mass is 233 g/mol. The van der Waals surface area contributed by atoms with Crippen LogP contribution < -0.4 is 0 Å². The van der Waals surface area contributed by atoms with Crippen molar-refractivity contribution in [3.05, 3.63) is 23.2 Å². The van der Waals surface area contributed by atoms with E-state index >= 15 is 0 Å². The van der Waals surface area contributed by atoms with Gasteiger partial charge in [0.1, 0.15) is 0 Å². The number of aromatic nitrogens is 3. The maximum absolute atomic E-state index is 5.41. The van der Waals surface area contributed by atoms with Gasteiger partial charge in [-0.2, -0.15) is 0 Å². The summed E-state index contributed by atoms with van der Waals surface area (Å²) in [5.41, 5.74) is 2.24. The van der Waals surface area contributed by atoms with Gasteiger partial charge in [0.05, 0.1) is 17.2 Å². The Kier molecular flexibility index (Phi) is 2.32. The van der Waals surface area contributed by atoms with Gasteiger partial charge in [-0.3, -0.25) is 4.98 Å². The lowest BCUT2D eigenvalue weighted by Crippen LogP contribution is -2.05. The van der Waals surface area contributed by atoms with E-state index in [-0.39, 0.29) is 0 Å². The molecule has 1 N–H and O–H groups in total. The van der Waals surface area contributed by atoms with Crippen LogP contribution in [0.2, 0.25) is 0 Å². The van der Waals surface area contributed by atoms with Gasteiger partial charge in [-0.1, -0.05) is 6.92 Å². The Morgan fingerprint density at radius 2 is 2.38 bits per heavy atom. The van der Waals surface area contributed by atoms with E-state index in [9.17, 15) is 0 Å². The molecule has 0 amide bonds. The van der Waals surface area contributed by atoms with Crippen LogP contribution in [0, 0.1) is 10.7 Å². The van der Waals surface area contributed by atoms with Crippen LogP contribution in [-0.4, -0.2) is 14.5 Å². The smallest absolute Gasteiger partial charge is 0.178 e. The highest BCUT2D eigenvalue weighted by atomic mass is 32.1. The first-order chi connectivity index (χ1) is 7.75. The van der Waals surface area contributed by atoms with E-state index in [2.05, 4.69) is 21.5 Å². The Morgan fingerprint density at radius 1 is 1.50 bits per heavy atom. The molecule has 2 aromatic heterocycles. The summed E-state index contributed by atoms with van der Waals surface area (Å²) in [4.78, 5) is 7.35. The number of rotatable bonds is 1. The van der Waals surface area contributed by atoms with Crippen LogP contribution >= 0.6 is 12.2 Å². The lowest BCUT2D eigenvalue weighted by atomic mass is 10.1. The SMILES string of the molecule is CC1CCC(n2c(=S)[nH]c3cnccc32)C1. The number of imidazole rings is 1. The van der Waals surface area contributed by atoms with E-state index < -0.39 is 0 Å². The van der Waals surface area contributed by atoms with Crippen molar-refractivity contribution in [3.8, 4) is 0 Å². The molecule has 2 unspecified atom stereocenters. The van der Waals surface area contributed by atoms with Crippen molar-refractivity contribution in [2.75, 3.05) is 0 Å². The Morgan fingerprint density at radius 3 is 3.12 bits per heavy atom. The van der Waals surface area contributed by atoms with Crippen molar-refractivity contribution >= 4 is 23.3 Å². The van der Waals surface area contributed by atoms with Gasteiger partial charge in [-0.25, -0.2) is 0 Å². The fourth-order valence-electron chi connectivity index (χ4n) is 2.75. The second kappa shape index (κ2) is 3.70. The number of nitrogens with zero attached hydrogens (tertiary/aromatic N) is 2. The van der Waals surface area contributed by atoms with E-state index in [1.165, 1.54) is 24.8 Å². The van der Waals surface area contributed by atoms with Gasteiger partial charge in [-0.05, 0) is 43.5 Å². The summed E-state index contributed by atoms with van der Waals surface area (Å²) < 4.78 is 3.11. The van der Waals surface area contributed by atoms with Crippen LogP contribution in [0.4, 0.5) is 0 Å². The summed E-state index contributed by atoms with van der Waals surface area (Å²) in [7, 11) is 0. The zero-order valence-corrected chi connectivity index (χ0v) is 10.1. The van der Waals surface area contributed by atoms with Gasteiger partial charge < -0.3 is 9.55 Å². The van der Waals surface area contributed by atoms with Crippen molar-refractivity contribution < 1.29 is 0 Å². The molecule has 4 heteroatoms. The molecule has 0 spiro atoms. The first-order valence-corrected chi connectivity index (χ1v) is 6.21. The number of hydrogen-bond acceptors (Lipinski definition) is 2. The van der Waals surface area contributed by atoms with Crippen molar-refractivity contribution in [1.29, 1.82) is 0 Å². The van der Waals surface area contributed by atoms with Crippen molar-refractivity contribution in [2.24, 2.45) is 5.92 Å². The highest BCUT2D eigenvalue weighted by Gasteiger charge is 2.24. The van der Waals surface area contributed by atoms with E-state index in [0.29, 0.717) is 6.04 Å². The molecule has 3 nitrogen and oxygen atoms in total. The van der Waals surface area contributed by atoms with Crippen LogP contribution in [0.25, 0.3) is 11.0 Å². The minimum atomic E-state index is 0.568. The number of fused-ring (bicyclic) bond motifs is 1. The van der Waals surface area contributed by atoms with Crippen LogP contribution in [0.5, 0.6) is 0 Å². The van der Waals surface area contributed by atoms with Crippen molar-refractivity contribution in [3.63, 3.8) is 0 Å². The molecule has 2 aromatic rings. The number of aromatic amines is 1. The zero-order valence-electron chi connectivity index (χ0n) is 9.31. The summed E-state index contributed by atoms with van der Waals surface area (Å²) in [6.07, 6.45) is 7.47. The second-order valence-electron chi connectivity index (χ2n) is 4.77. The molecule has 84 valence electrons. The third-order valence-electron chi connectivity index (χ3n) is 3.55. The summed E-state index contributed by atoms with van der Waals surface area (Å²) >= 11 is 5.41. The number of pyridine rings is 1. The minimum Gasteiger partial charge on any atom is -0.329 e. The lowest BCUT2D eigenvalue weighted by molar-refractivity contribution is 0.500.